The fourth-order valence-corrected chi connectivity index (χ4v) is 2.13. The first-order valence-corrected chi connectivity index (χ1v) is 6.56. The molecular formula is C13H11IN2S. The van der Waals surface area contributed by atoms with Crippen molar-refractivity contribution in [2.24, 2.45) is 5.73 Å². The third-order valence-corrected chi connectivity index (χ3v) is 3.19. The highest BCUT2D eigenvalue weighted by molar-refractivity contribution is 14.1. The number of benzene rings is 2. The molecule has 0 atom stereocenters. The summed E-state index contributed by atoms with van der Waals surface area (Å²) in [5.41, 5.74) is 8.52. The van der Waals surface area contributed by atoms with Gasteiger partial charge in [0, 0.05) is 20.5 Å². The first-order valence-electron chi connectivity index (χ1n) is 5.07. The van der Waals surface area contributed by atoms with Crippen molar-refractivity contribution in [1.82, 2.24) is 0 Å². The zero-order chi connectivity index (χ0) is 12.3. The summed E-state index contributed by atoms with van der Waals surface area (Å²) in [6.07, 6.45) is 0. The third kappa shape index (κ3) is 3.41. The predicted octanol–water partition coefficient (Wildman–Crippen LogP) is 3.67. The molecule has 0 saturated carbocycles. The van der Waals surface area contributed by atoms with E-state index in [0.29, 0.717) is 4.99 Å². The van der Waals surface area contributed by atoms with E-state index in [0.717, 1.165) is 16.9 Å². The van der Waals surface area contributed by atoms with Crippen molar-refractivity contribution in [2.45, 2.75) is 0 Å². The van der Waals surface area contributed by atoms with E-state index in [1.807, 2.05) is 36.4 Å². The molecule has 17 heavy (non-hydrogen) atoms. The fourth-order valence-electron chi connectivity index (χ4n) is 1.45. The Labute approximate surface area is 119 Å². The van der Waals surface area contributed by atoms with E-state index >= 15 is 0 Å². The van der Waals surface area contributed by atoms with Crippen LogP contribution in [0.4, 0.5) is 11.4 Å². The summed E-state index contributed by atoms with van der Waals surface area (Å²) >= 11 is 7.20. The van der Waals surface area contributed by atoms with Gasteiger partial charge in [-0.15, -0.1) is 0 Å². The highest BCUT2D eigenvalue weighted by atomic mass is 127. The Bertz CT molecular complexity index is 537. The molecule has 2 aromatic rings. The molecule has 0 aromatic heterocycles. The van der Waals surface area contributed by atoms with Crippen LogP contribution in [0.3, 0.4) is 0 Å². The summed E-state index contributed by atoms with van der Waals surface area (Å²) in [6, 6.07) is 16.0. The van der Waals surface area contributed by atoms with E-state index in [2.05, 4.69) is 40.0 Å². The highest BCUT2D eigenvalue weighted by Crippen LogP contribution is 2.19. The Morgan fingerprint density at radius 1 is 1.06 bits per heavy atom. The van der Waals surface area contributed by atoms with Crippen molar-refractivity contribution >= 4 is 51.2 Å². The molecule has 0 saturated heterocycles. The minimum Gasteiger partial charge on any atom is -0.389 e. The maximum Gasteiger partial charge on any atom is 0.103 e. The summed E-state index contributed by atoms with van der Waals surface area (Å²) in [4.78, 5) is 0.422. The number of thiocarbonyl (C=S) groups is 1. The molecule has 0 radical (unpaired) electrons. The zero-order valence-corrected chi connectivity index (χ0v) is 12.0. The highest BCUT2D eigenvalue weighted by Gasteiger charge is 1.98. The molecule has 3 N–H and O–H groups in total. The molecule has 0 bridgehead atoms. The molecule has 0 spiro atoms. The van der Waals surface area contributed by atoms with Gasteiger partial charge in [0.15, 0.2) is 0 Å². The van der Waals surface area contributed by atoms with Crippen molar-refractivity contribution in [1.29, 1.82) is 0 Å². The van der Waals surface area contributed by atoms with Gasteiger partial charge in [-0.25, -0.2) is 0 Å². The lowest BCUT2D eigenvalue weighted by atomic mass is 10.2. The quantitative estimate of drug-likeness (QED) is 0.653. The van der Waals surface area contributed by atoms with Crippen molar-refractivity contribution < 1.29 is 0 Å². The maximum atomic E-state index is 5.55. The average Bonchev–Trinajstić information content (AvgIpc) is 2.29. The normalized spacial score (nSPS) is 9.94. The fraction of sp³-hybridized carbons (Fsp3) is 0. The van der Waals surface area contributed by atoms with Crippen LogP contribution in [0.15, 0.2) is 48.5 Å². The monoisotopic (exact) mass is 354 g/mol. The van der Waals surface area contributed by atoms with Gasteiger partial charge in [0.05, 0.1) is 0 Å². The van der Waals surface area contributed by atoms with Gasteiger partial charge in [0.1, 0.15) is 4.99 Å². The van der Waals surface area contributed by atoms with Crippen LogP contribution in [-0.2, 0) is 0 Å². The van der Waals surface area contributed by atoms with Crippen molar-refractivity contribution in [3.8, 4) is 0 Å². The van der Waals surface area contributed by atoms with Crippen LogP contribution in [0.1, 0.15) is 5.56 Å². The molecule has 86 valence electrons. The Balaban J connectivity index is 2.16. The number of hydrogen-bond acceptors (Lipinski definition) is 2. The van der Waals surface area contributed by atoms with E-state index in [1.54, 1.807) is 0 Å². The molecule has 2 rings (SSSR count). The van der Waals surface area contributed by atoms with Crippen LogP contribution >= 0.6 is 34.8 Å². The van der Waals surface area contributed by atoms with Gasteiger partial charge in [-0.3, -0.25) is 0 Å². The number of halogens is 1. The van der Waals surface area contributed by atoms with E-state index in [-0.39, 0.29) is 0 Å². The summed E-state index contributed by atoms with van der Waals surface area (Å²) in [5, 5.41) is 3.32. The Kier molecular flexibility index (Phi) is 3.96. The molecule has 0 fully saturated rings. The molecule has 0 heterocycles. The minimum absolute atomic E-state index is 0.422. The first kappa shape index (κ1) is 12.3. The molecular weight excluding hydrogens is 343 g/mol. The van der Waals surface area contributed by atoms with Crippen LogP contribution in [0.5, 0.6) is 0 Å². The van der Waals surface area contributed by atoms with Crippen molar-refractivity contribution in [3.63, 3.8) is 0 Å². The summed E-state index contributed by atoms with van der Waals surface area (Å²) in [7, 11) is 0. The molecule has 0 aliphatic carbocycles. The summed E-state index contributed by atoms with van der Waals surface area (Å²) in [5.74, 6) is 0. The van der Waals surface area contributed by atoms with E-state index in [4.69, 9.17) is 18.0 Å². The zero-order valence-electron chi connectivity index (χ0n) is 8.98. The number of anilines is 2. The van der Waals surface area contributed by atoms with Crippen LogP contribution < -0.4 is 11.1 Å². The van der Waals surface area contributed by atoms with Crippen LogP contribution in [0, 0.1) is 3.57 Å². The smallest absolute Gasteiger partial charge is 0.103 e. The van der Waals surface area contributed by atoms with Gasteiger partial charge in [-0.05, 0) is 65.1 Å². The Morgan fingerprint density at radius 3 is 2.35 bits per heavy atom. The van der Waals surface area contributed by atoms with E-state index in [1.165, 1.54) is 3.57 Å². The molecule has 2 aromatic carbocycles. The molecule has 2 nitrogen and oxygen atoms in total. The average molecular weight is 354 g/mol. The number of rotatable bonds is 3. The second-order valence-corrected chi connectivity index (χ2v) is 5.26. The van der Waals surface area contributed by atoms with Gasteiger partial charge in [0.2, 0.25) is 0 Å². The minimum atomic E-state index is 0.422. The van der Waals surface area contributed by atoms with Crippen LogP contribution in [0.25, 0.3) is 0 Å². The Hall–Kier alpha value is -1.14. The second-order valence-electron chi connectivity index (χ2n) is 3.58. The molecule has 0 aliphatic rings. The molecule has 0 amide bonds. The Morgan fingerprint density at radius 2 is 1.76 bits per heavy atom. The standard InChI is InChI=1S/C13H11IN2S/c14-10-2-1-3-12(8-10)16-11-6-4-9(5-7-11)13(15)17/h1-8,16H,(H2,15,17). The summed E-state index contributed by atoms with van der Waals surface area (Å²) < 4.78 is 1.20. The van der Waals surface area contributed by atoms with E-state index in [9.17, 15) is 0 Å². The SMILES string of the molecule is NC(=S)c1ccc(Nc2cccc(I)c2)cc1. The first-order chi connectivity index (χ1) is 8.15. The maximum absolute atomic E-state index is 5.55. The molecule has 0 aliphatic heterocycles. The van der Waals surface area contributed by atoms with Crippen LogP contribution in [0.2, 0.25) is 0 Å². The van der Waals surface area contributed by atoms with Crippen LogP contribution in [-0.4, -0.2) is 4.99 Å². The topological polar surface area (TPSA) is 38.0 Å². The van der Waals surface area contributed by atoms with Gasteiger partial charge < -0.3 is 11.1 Å². The van der Waals surface area contributed by atoms with E-state index < -0.39 is 0 Å². The number of hydrogen-bond donors (Lipinski definition) is 2. The van der Waals surface area contributed by atoms with Gasteiger partial charge in [-0.1, -0.05) is 18.3 Å². The third-order valence-electron chi connectivity index (χ3n) is 2.28. The second kappa shape index (κ2) is 5.46. The lowest BCUT2D eigenvalue weighted by Crippen LogP contribution is -2.08. The van der Waals surface area contributed by atoms with Gasteiger partial charge in [-0.2, -0.15) is 0 Å². The lowest BCUT2D eigenvalue weighted by molar-refractivity contribution is 1.52. The predicted molar refractivity (Wildman–Crippen MR) is 84.8 cm³/mol. The number of nitrogens with two attached hydrogens (primary N) is 1. The van der Waals surface area contributed by atoms with Gasteiger partial charge in [0.25, 0.3) is 0 Å². The lowest BCUT2D eigenvalue weighted by Gasteiger charge is -2.07. The molecule has 0 unspecified atom stereocenters. The number of nitrogens with one attached hydrogen (secondary N) is 1. The summed E-state index contributed by atoms with van der Waals surface area (Å²) in [6.45, 7) is 0. The van der Waals surface area contributed by atoms with Crippen molar-refractivity contribution in [2.75, 3.05) is 5.32 Å². The largest absolute Gasteiger partial charge is 0.389 e. The molecule has 4 heteroatoms. The van der Waals surface area contributed by atoms with Crippen molar-refractivity contribution in [3.05, 3.63) is 57.7 Å². The van der Waals surface area contributed by atoms with Gasteiger partial charge >= 0.3 is 0 Å².